The zero-order chi connectivity index (χ0) is 14.9. The van der Waals surface area contributed by atoms with Crippen LogP contribution < -0.4 is 5.32 Å². The van der Waals surface area contributed by atoms with Crippen molar-refractivity contribution in [3.05, 3.63) is 0 Å². The van der Waals surface area contributed by atoms with E-state index in [2.05, 4.69) is 5.32 Å². The van der Waals surface area contributed by atoms with Gasteiger partial charge in [0.2, 0.25) is 0 Å². The van der Waals surface area contributed by atoms with Crippen molar-refractivity contribution in [2.45, 2.75) is 13.3 Å². The maximum absolute atomic E-state index is 11.8. The van der Waals surface area contributed by atoms with Gasteiger partial charge in [0.1, 0.15) is 0 Å². The lowest BCUT2D eigenvalue weighted by molar-refractivity contribution is -0.144. The number of hydrogen-bond acceptors (Lipinski definition) is 4. The number of hydrogen-bond donors (Lipinski definition) is 2. The first-order chi connectivity index (χ1) is 9.28. The summed E-state index contributed by atoms with van der Waals surface area (Å²) in [4.78, 5) is 24.2. The molecule has 114 valence electrons. The Morgan fingerprint density at radius 3 is 2.55 bits per heavy atom. The lowest BCUT2D eigenvalue weighted by atomic mass is 9.87. The van der Waals surface area contributed by atoms with Crippen LogP contribution in [-0.4, -0.2) is 61.6 Å². The molecule has 2 aliphatic heterocycles. The molecule has 0 aromatic carbocycles. The van der Waals surface area contributed by atoms with Gasteiger partial charge in [0.05, 0.1) is 17.4 Å². The summed E-state index contributed by atoms with van der Waals surface area (Å²) >= 11 is 0. The fourth-order valence-electron chi connectivity index (χ4n) is 2.57. The molecule has 0 spiro atoms. The highest BCUT2D eigenvalue weighted by molar-refractivity contribution is 7.91. The molecule has 7 nitrogen and oxygen atoms in total. The summed E-state index contributed by atoms with van der Waals surface area (Å²) in [6, 6.07) is -0.233. The highest BCUT2D eigenvalue weighted by Crippen LogP contribution is 2.24. The van der Waals surface area contributed by atoms with Gasteiger partial charge in [-0.25, -0.2) is 13.2 Å². The molecule has 2 unspecified atom stereocenters. The number of nitrogens with one attached hydrogen (secondary N) is 1. The minimum atomic E-state index is -2.91. The predicted molar refractivity (Wildman–Crippen MR) is 72.0 cm³/mol. The second kappa shape index (κ2) is 5.59. The molecule has 2 fully saturated rings. The summed E-state index contributed by atoms with van der Waals surface area (Å²) in [5.74, 6) is -0.934. The summed E-state index contributed by atoms with van der Waals surface area (Å²) in [6.07, 6.45) is 0.598. The normalized spacial score (nSPS) is 26.9. The summed E-state index contributed by atoms with van der Waals surface area (Å²) in [7, 11) is -2.91. The molecule has 0 saturated carbocycles. The number of likely N-dealkylation sites (tertiary alicyclic amines) is 1. The van der Waals surface area contributed by atoms with Crippen molar-refractivity contribution < 1.29 is 23.1 Å². The third-order valence-corrected chi connectivity index (χ3v) is 6.00. The zero-order valence-corrected chi connectivity index (χ0v) is 12.2. The molecule has 2 N–H and O–H groups in total. The number of rotatable bonds is 4. The molecule has 2 rings (SSSR count). The van der Waals surface area contributed by atoms with E-state index in [1.54, 1.807) is 11.8 Å². The van der Waals surface area contributed by atoms with Crippen LogP contribution in [0.1, 0.15) is 13.3 Å². The van der Waals surface area contributed by atoms with Crippen LogP contribution in [0.15, 0.2) is 0 Å². The Hall–Kier alpha value is -1.31. The number of urea groups is 1. The first-order valence-electron chi connectivity index (χ1n) is 6.74. The van der Waals surface area contributed by atoms with Gasteiger partial charge in [-0.05, 0) is 12.3 Å². The van der Waals surface area contributed by atoms with Gasteiger partial charge in [-0.15, -0.1) is 0 Å². The summed E-state index contributed by atoms with van der Waals surface area (Å²) in [5.41, 5.74) is 0. The molecule has 2 saturated heterocycles. The number of amides is 2. The minimum Gasteiger partial charge on any atom is -0.481 e. The SMILES string of the molecule is CC(C(=O)O)C1CN(C(=O)NCC2CCS(=O)(=O)C2)C1. The number of carbonyl (C=O) groups excluding carboxylic acids is 1. The van der Waals surface area contributed by atoms with Crippen LogP contribution in [0.2, 0.25) is 0 Å². The number of sulfone groups is 1. The second-order valence-corrected chi connectivity index (χ2v) is 7.98. The van der Waals surface area contributed by atoms with Gasteiger partial charge in [-0.1, -0.05) is 6.92 Å². The Kier molecular flexibility index (Phi) is 4.22. The lowest BCUT2D eigenvalue weighted by Crippen LogP contribution is -2.56. The molecule has 8 heteroatoms. The van der Waals surface area contributed by atoms with Crippen LogP contribution in [0.3, 0.4) is 0 Å². The van der Waals surface area contributed by atoms with Crippen LogP contribution >= 0.6 is 0 Å². The molecule has 0 aromatic heterocycles. The van der Waals surface area contributed by atoms with Crippen LogP contribution in [0.4, 0.5) is 4.79 Å². The molecule has 0 radical (unpaired) electrons. The third-order valence-electron chi connectivity index (χ3n) is 4.16. The van der Waals surface area contributed by atoms with Gasteiger partial charge in [0, 0.05) is 25.6 Å². The number of carboxylic acids is 1. The molecular formula is C12H20N2O5S. The van der Waals surface area contributed by atoms with Crippen molar-refractivity contribution in [3.8, 4) is 0 Å². The fraction of sp³-hybridized carbons (Fsp3) is 0.833. The first-order valence-corrected chi connectivity index (χ1v) is 8.56. The van der Waals surface area contributed by atoms with Gasteiger partial charge in [0.15, 0.2) is 9.84 Å². The van der Waals surface area contributed by atoms with E-state index in [0.717, 1.165) is 0 Å². The smallest absolute Gasteiger partial charge is 0.317 e. The average Bonchev–Trinajstić information content (AvgIpc) is 2.64. The Morgan fingerprint density at radius 1 is 1.40 bits per heavy atom. The molecular weight excluding hydrogens is 284 g/mol. The van der Waals surface area contributed by atoms with Crippen molar-refractivity contribution in [1.29, 1.82) is 0 Å². The van der Waals surface area contributed by atoms with E-state index in [-0.39, 0.29) is 29.4 Å². The zero-order valence-electron chi connectivity index (χ0n) is 11.4. The number of carboxylic acid groups (broad SMARTS) is 1. The number of carbonyl (C=O) groups is 2. The molecule has 2 aliphatic rings. The Morgan fingerprint density at radius 2 is 2.05 bits per heavy atom. The molecule has 2 amide bonds. The quantitative estimate of drug-likeness (QED) is 0.747. The van der Waals surface area contributed by atoms with Gasteiger partial charge in [-0.2, -0.15) is 0 Å². The minimum absolute atomic E-state index is 0.000957. The topological polar surface area (TPSA) is 104 Å². The summed E-state index contributed by atoms with van der Waals surface area (Å²) in [5, 5.41) is 11.6. The highest BCUT2D eigenvalue weighted by Gasteiger charge is 2.37. The van der Waals surface area contributed by atoms with E-state index < -0.39 is 21.7 Å². The van der Waals surface area contributed by atoms with E-state index in [1.807, 2.05) is 0 Å². The van der Waals surface area contributed by atoms with Crippen molar-refractivity contribution in [1.82, 2.24) is 10.2 Å². The van der Waals surface area contributed by atoms with Crippen molar-refractivity contribution >= 4 is 21.8 Å². The van der Waals surface area contributed by atoms with Gasteiger partial charge in [0.25, 0.3) is 0 Å². The Labute approximate surface area is 118 Å². The standard InChI is InChI=1S/C12H20N2O5S/c1-8(11(15)16)10-5-14(6-10)12(17)13-4-9-2-3-20(18,19)7-9/h8-10H,2-7H2,1H3,(H,13,17)(H,15,16). The molecule has 2 heterocycles. The van der Waals surface area contributed by atoms with E-state index >= 15 is 0 Å². The molecule has 0 aliphatic carbocycles. The van der Waals surface area contributed by atoms with E-state index in [4.69, 9.17) is 5.11 Å². The average molecular weight is 304 g/mol. The van der Waals surface area contributed by atoms with Crippen LogP contribution in [0.25, 0.3) is 0 Å². The third kappa shape index (κ3) is 3.41. The monoisotopic (exact) mass is 304 g/mol. The van der Waals surface area contributed by atoms with Gasteiger partial charge in [-0.3, -0.25) is 4.79 Å². The van der Waals surface area contributed by atoms with E-state index in [9.17, 15) is 18.0 Å². The molecule has 2 atom stereocenters. The summed E-state index contributed by atoms with van der Waals surface area (Å²) < 4.78 is 22.6. The number of nitrogens with zero attached hydrogens (tertiary/aromatic N) is 1. The lowest BCUT2D eigenvalue weighted by Gasteiger charge is -2.41. The van der Waals surface area contributed by atoms with Crippen LogP contribution in [0, 0.1) is 17.8 Å². The molecule has 20 heavy (non-hydrogen) atoms. The summed E-state index contributed by atoms with van der Waals surface area (Å²) in [6.45, 7) is 2.91. The predicted octanol–water partition coefficient (Wildman–Crippen LogP) is -0.217. The van der Waals surface area contributed by atoms with Crippen molar-refractivity contribution in [3.63, 3.8) is 0 Å². The largest absolute Gasteiger partial charge is 0.481 e. The maximum Gasteiger partial charge on any atom is 0.317 e. The number of aliphatic carboxylic acids is 1. The van der Waals surface area contributed by atoms with Gasteiger partial charge < -0.3 is 15.3 Å². The van der Waals surface area contributed by atoms with Crippen molar-refractivity contribution in [2.24, 2.45) is 17.8 Å². The first kappa shape index (κ1) is 15.1. The second-order valence-electron chi connectivity index (χ2n) is 5.75. The highest BCUT2D eigenvalue weighted by atomic mass is 32.2. The molecule has 0 aromatic rings. The molecule has 0 bridgehead atoms. The van der Waals surface area contributed by atoms with Crippen molar-refractivity contribution in [2.75, 3.05) is 31.1 Å². The van der Waals surface area contributed by atoms with Gasteiger partial charge >= 0.3 is 12.0 Å². The van der Waals surface area contributed by atoms with E-state index in [1.165, 1.54) is 0 Å². The Balaban J connectivity index is 1.69. The fourth-order valence-corrected chi connectivity index (χ4v) is 4.43. The maximum atomic E-state index is 11.8. The Bertz CT molecular complexity index is 498. The van der Waals surface area contributed by atoms with E-state index in [0.29, 0.717) is 26.1 Å². The van der Waals surface area contributed by atoms with Crippen LogP contribution in [0.5, 0.6) is 0 Å². The van der Waals surface area contributed by atoms with Crippen LogP contribution in [-0.2, 0) is 14.6 Å².